The van der Waals surface area contributed by atoms with Crippen molar-refractivity contribution in [1.82, 2.24) is 4.98 Å². The van der Waals surface area contributed by atoms with E-state index in [2.05, 4.69) is 4.98 Å². The fourth-order valence-electron chi connectivity index (χ4n) is 5.21. The quantitative estimate of drug-likeness (QED) is 0.203. The van der Waals surface area contributed by atoms with Crippen LogP contribution >= 0.6 is 0 Å². The molecular formula is C34H31NO4. The second-order valence-electron chi connectivity index (χ2n) is 9.63. The number of aryl methyl sites for hydroxylation is 1. The Morgan fingerprint density at radius 1 is 0.744 bits per heavy atom. The number of benzene rings is 4. The van der Waals surface area contributed by atoms with Gasteiger partial charge in [0.25, 0.3) is 0 Å². The van der Waals surface area contributed by atoms with Crippen LogP contribution in [0.3, 0.4) is 0 Å². The van der Waals surface area contributed by atoms with Crippen LogP contribution in [0.25, 0.3) is 10.9 Å². The van der Waals surface area contributed by atoms with Crippen LogP contribution in [-0.4, -0.2) is 33.9 Å². The van der Waals surface area contributed by atoms with Crippen molar-refractivity contribution in [2.24, 2.45) is 5.92 Å². The van der Waals surface area contributed by atoms with Crippen molar-refractivity contribution >= 4 is 16.9 Å². The summed E-state index contributed by atoms with van der Waals surface area (Å²) in [6.07, 6.45) is 1.45. The Hall–Kier alpha value is -4.32. The van der Waals surface area contributed by atoms with Gasteiger partial charge < -0.3 is 14.9 Å². The van der Waals surface area contributed by atoms with E-state index in [1.165, 1.54) is 0 Å². The van der Waals surface area contributed by atoms with Gasteiger partial charge in [0.05, 0.1) is 18.2 Å². The molecule has 5 rings (SSSR count). The highest BCUT2D eigenvalue weighted by Crippen LogP contribution is 2.41. The van der Waals surface area contributed by atoms with Gasteiger partial charge in [-0.2, -0.15) is 0 Å². The Morgan fingerprint density at radius 2 is 1.26 bits per heavy atom. The molecule has 1 heterocycles. The molecule has 0 aliphatic heterocycles. The molecule has 0 radical (unpaired) electrons. The molecule has 0 spiro atoms. The number of nitrogens with zero attached hydrogens (tertiary/aromatic N) is 1. The van der Waals surface area contributed by atoms with Gasteiger partial charge in [-0.1, -0.05) is 109 Å². The maximum atomic E-state index is 12.4. The highest BCUT2D eigenvalue weighted by atomic mass is 16.5. The molecule has 0 aliphatic carbocycles. The molecule has 0 unspecified atom stereocenters. The molecule has 5 heteroatoms. The van der Waals surface area contributed by atoms with Crippen molar-refractivity contribution in [2.45, 2.75) is 24.5 Å². The highest BCUT2D eigenvalue weighted by molar-refractivity contribution is 5.81. The van der Waals surface area contributed by atoms with Crippen molar-refractivity contribution in [3.8, 4) is 0 Å². The SMILES string of the molecule is O=C(O)[C@@H](COC(c1ccccc1)(c1ccccc1)c1ccccc1)[C@@H](O)CCc1ccnc2ccccc12. The average molecular weight is 518 g/mol. The molecule has 5 aromatic rings. The van der Waals surface area contributed by atoms with Gasteiger partial charge in [-0.05, 0) is 47.2 Å². The van der Waals surface area contributed by atoms with Crippen molar-refractivity contribution in [3.05, 3.63) is 150 Å². The van der Waals surface area contributed by atoms with Gasteiger partial charge in [0.2, 0.25) is 0 Å². The smallest absolute Gasteiger partial charge is 0.311 e. The third-order valence-electron chi connectivity index (χ3n) is 7.25. The molecular weight excluding hydrogens is 486 g/mol. The fraction of sp³-hybridized carbons (Fsp3) is 0.176. The molecule has 5 nitrogen and oxygen atoms in total. The van der Waals surface area contributed by atoms with Crippen LogP contribution in [0.4, 0.5) is 0 Å². The van der Waals surface area contributed by atoms with E-state index in [9.17, 15) is 15.0 Å². The molecule has 0 bridgehead atoms. The summed E-state index contributed by atoms with van der Waals surface area (Å²) in [7, 11) is 0. The van der Waals surface area contributed by atoms with Crippen molar-refractivity contribution in [3.63, 3.8) is 0 Å². The number of aliphatic hydroxyl groups excluding tert-OH is 1. The van der Waals surface area contributed by atoms with Crippen molar-refractivity contribution < 1.29 is 19.7 Å². The number of carbonyl (C=O) groups is 1. The van der Waals surface area contributed by atoms with E-state index in [-0.39, 0.29) is 13.0 Å². The summed E-state index contributed by atoms with van der Waals surface area (Å²) in [5.41, 5.74) is 3.48. The summed E-state index contributed by atoms with van der Waals surface area (Å²) in [5, 5.41) is 22.3. The number of ether oxygens (including phenoxy) is 1. The normalized spacial score (nSPS) is 13.2. The van der Waals surface area contributed by atoms with E-state index in [0.717, 1.165) is 33.2 Å². The monoisotopic (exact) mass is 517 g/mol. The Labute approximate surface area is 228 Å². The fourth-order valence-corrected chi connectivity index (χ4v) is 5.21. The second-order valence-corrected chi connectivity index (χ2v) is 9.63. The largest absolute Gasteiger partial charge is 0.481 e. The number of carboxylic acid groups (broad SMARTS) is 1. The maximum Gasteiger partial charge on any atom is 0.311 e. The number of rotatable bonds is 11. The molecule has 0 aliphatic rings. The molecule has 39 heavy (non-hydrogen) atoms. The van der Waals surface area contributed by atoms with Gasteiger partial charge in [-0.15, -0.1) is 0 Å². The zero-order valence-corrected chi connectivity index (χ0v) is 21.6. The van der Waals surface area contributed by atoms with Gasteiger partial charge >= 0.3 is 5.97 Å². The molecule has 0 saturated heterocycles. The predicted octanol–water partition coefficient (Wildman–Crippen LogP) is 6.24. The van der Waals surface area contributed by atoms with Crippen LogP contribution < -0.4 is 0 Å². The Bertz CT molecular complexity index is 1400. The van der Waals surface area contributed by atoms with Crippen LogP contribution in [0.5, 0.6) is 0 Å². The highest BCUT2D eigenvalue weighted by Gasteiger charge is 2.40. The lowest BCUT2D eigenvalue weighted by Gasteiger charge is -2.37. The Morgan fingerprint density at radius 3 is 1.79 bits per heavy atom. The number of aliphatic hydroxyl groups is 1. The van der Waals surface area contributed by atoms with E-state index in [0.29, 0.717) is 6.42 Å². The molecule has 196 valence electrons. The minimum absolute atomic E-state index is 0.174. The first kappa shape index (κ1) is 26.3. The summed E-state index contributed by atoms with van der Waals surface area (Å²) in [4.78, 5) is 16.8. The number of carboxylic acids is 1. The van der Waals surface area contributed by atoms with Gasteiger partial charge in [0.1, 0.15) is 11.5 Å². The summed E-state index contributed by atoms with van der Waals surface area (Å²) in [6.45, 7) is -0.174. The molecule has 2 N–H and O–H groups in total. The Balaban J connectivity index is 1.45. The van der Waals surface area contributed by atoms with E-state index >= 15 is 0 Å². The minimum Gasteiger partial charge on any atom is -0.481 e. The van der Waals surface area contributed by atoms with Crippen LogP contribution in [0.2, 0.25) is 0 Å². The molecule has 2 atom stereocenters. The molecule has 1 aromatic heterocycles. The van der Waals surface area contributed by atoms with E-state index in [1.807, 2.05) is 121 Å². The zero-order valence-electron chi connectivity index (χ0n) is 21.6. The van der Waals surface area contributed by atoms with Crippen LogP contribution in [-0.2, 0) is 21.6 Å². The number of aromatic nitrogens is 1. The lowest BCUT2D eigenvalue weighted by Crippen LogP contribution is -2.39. The van der Waals surface area contributed by atoms with Crippen LogP contribution in [0.1, 0.15) is 28.7 Å². The van der Waals surface area contributed by atoms with E-state index in [1.54, 1.807) is 6.20 Å². The summed E-state index contributed by atoms with van der Waals surface area (Å²) in [5.74, 6) is -2.21. The first-order chi connectivity index (χ1) is 19.1. The third-order valence-corrected chi connectivity index (χ3v) is 7.25. The number of pyridine rings is 1. The van der Waals surface area contributed by atoms with Gasteiger partial charge in [0, 0.05) is 11.6 Å². The number of hydrogen-bond acceptors (Lipinski definition) is 4. The first-order valence-corrected chi connectivity index (χ1v) is 13.1. The lowest BCUT2D eigenvalue weighted by atomic mass is 9.80. The summed E-state index contributed by atoms with van der Waals surface area (Å²) in [6, 6.07) is 39.2. The maximum absolute atomic E-state index is 12.4. The van der Waals surface area contributed by atoms with Crippen LogP contribution in [0, 0.1) is 5.92 Å². The van der Waals surface area contributed by atoms with Crippen molar-refractivity contribution in [2.75, 3.05) is 6.61 Å². The number of aliphatic carboxylic acids is 1. The van der Waals surface area contributed by atoms with Gasteiger partial charge in [-0.25, -0.2) is 0 Å². The second kappa shape index (κ2) is 12.0. The minimum atomic E-state index is -1.12. The standard InChI is InChI=1S/C34H31NO4/c36-32(21-20-25-22-23-35-31-19-11-10-18-29(25)31)30(33(37)38)24-39-34(26-12-4-1-5-13-26,27-14-6-2-7-15-27)28-16-8-3-9-17-28/h1-19,22-23,30,32,36H,20-21,24H2,(H,37,38)/t30-,32-/m0/s1. The number of fused-ring (bicyclic) bond motifs is 1. The lowest BCUT2D eigenvalue weighted by molar-refractivity contribution is -0.151. The Kier molecular flexibility index (Phi) is 8.11. The topological polar surface area (TPSA) is 79.7 Å². The zero-order chi connectivity index (χ0) is 27.1. The first-order valence-electron chi connectivity index (χ1n) is 13.1. The van der Waals surface area contributed by atoms with E-state index < -0.39 is 23.6 Å². The van der Waals surface area contributed by atoms with E-state index in [4.69, 9.17) is 4.74 Å². The summed E-state index contributed by atoms with van der Waals surface area (Å²) >= 11 is 0. The number of hydrogen-bond donors (Lipinski definition) is 2. The molecule has 0 amide bonds. The molecule has 4 aromatic carbocycles. The molecule has 0 saturated carbocycles. The van der Waals surface area contributed by atoms with Crippen LogP contribution in [0.15, 0.2) is 128 Å². The third kappa shape index (κ3) is 5.60. The number of para-hydroxylation sites is 1. The predicted molar refractivity (Wildman–Crippen MR) is 152 cm³/mol. The summed E-state index contributed by atoms with van der Waals surface area (Å²) < 4.78 is 6.70. The van der Waals surface area contributed by atoms with Gasteiger partial charge in [-0.3, -0.25) is 9.78 Å². The molecule has 0 fully saturated rings. The average Bonchev–Trinajstić information content (AvgIpc) is 2.99. The van der Waals surface area contributed by atoms with Crippen molar-refractivity contribution in [1.29, 1.82) is 0 Å². The van der Waals surface area contributed by atoms with Gasteiger partial charge in [0.15, 0.2) is 0 Å².